The first-order valence-corrected chi connectivity index (χ1v) is 8.09. The van der Waals surface area contributed by atoms with Crippen molar-refractivity contribution in [3.05, 3.63) is 33.9 Å². The van der Waals surface area contributed by atoms with Gasteiger partial charge in [-0.25, -0.2) is 9.97 Å². The number of aromatic nitrogens is 2. The maximum atomic E-state index is 12.2. The third-order valence-electron chi connectivity index (χ3n) is 3.32. The van der Waals surface area contributed by atoms with Crippen molar-refractivity contribution >= 4 is 46.7 Å². The van der Waals surface area contributed by atoms with E-state index in [-0.39, 0.29) is 30.4 Å². The SMILES string of the molecule is CN(CCO)c1nc(N)c(C(=O)N=C(N)N)nc1-c1ccc(Cl)cc1Cl. The Morgan fingerprint density at radius 1 is 1.31 bits per heavy atom. The summed E-state index contributed by atoms with van der Waals surface area (Å²) in [4.78, 5) is 25.7. The van der Waals surface area contributed by atoms with Gasteiger partial charge in [-0.3, -0.25) is 4.79 Å². The van der Waals surface area contributed by atoms with Gasteiger partial charge in [0, 0.05) is 24.2 Å². The highest BCUT2D eigenvalue weighted by Crippen LogP contribution is 2.35. The Hall–Kier alpha value is -2.62. The van der Waals surface area contributed by atoms with Crippen LogP contribution in [0.3, 0.4) is 0 Å². The number of carbonyl (C=O) groups is 1. The number of carbonyl (C=O) groups excluding carboxylic acids is 1. The molecule has 0 atom stereocenters. The Kier molecular flexibility index (Phi) is 6.19. The van der Waals surface area contributed by atoms with Gasteiger partial charge in [0.05, 0.1) is 11.6 Å². The van der Waals surface area contributed by atoms with Gasteiger partial charge < -0.3 is 27.2 Å². The zero-order valence-electron chi connectivity index (χ0n) is 13.8. The lowest BCUT2D eigenvalue weighted by Gasteiger charge is -2.21. The van der Waals surface area contributed by atoms with Crippen LogP contribution in [0.2, 0.25) is 10.0 Å². The highest BCUT2D eigenvalue weighted by atomic mass is 35.5. The van der Waals surface area contributed by atoms with Crippen molar-refractivity contribution in [3.63, 3.8) is 0 Å². The minimum absolute atomic E-state index is 0.124. The van der Waals surface area contributed by atoms with Crippen molar-refractivity contribution in [1.82, 2.24) is 9.97 Å². The lowest BCUT2D eigenvalue weighted by molar-refractivity contribution is 0.0998. The third kappa shape index (κ3) is 4.31. The van der Waals surface area contributed by atoms with E-state index < -0.39 is 11.9 Å². The largest absolute Gasteiger partial charge is 0.395 e. The Morgan fingerprint density at radius 3 is 2.58 bits per heavy atom. The van der Waals surface area contributed by atoms with E-state index in [9.17, 15) is 9.90 Å². The summed E-state index contributed by atoms with van der Waals surface area (Å²) >= 11 is 12.2. The van der Waals surface area contributed by atoms with Gasteiger partial charge in [0.25, 0.3) is 0 Å². The molecule has 0 aliphatic carbocycles. The number of likely N-dealkylation sites (N-methyl/N-ethyl adjacent to an activating group) is 1. The average molecular weight is 398 g/mol. The van der Waals surface area contributed by atoms with E-state index in [0.717, 1.165) is 0 Å². The normalized spacial score (nSPS) is 10.5. The maximum absolute atomic E-state index is 12.2. The smallest absolute Gasteiger partial charge is 0.302 e. The van der Waals surface area contributed by atoms with Gasteiger partial charge in [0.2, 0.25) is 0 Å². The van der Waals surface area contributed by atoms with Crippen LogP contribution in [-0.4, -0.2) is 47.1 Å². The first kappa shape index (κ1) is 19.7. The van der Waals surface area contributed by atoms with Crippen LogP contribution in [0.15, 0.2) is 23.2 Å². The summed E-state index contributed by atoms with van der Waals surface area (Å²) in [6.45, 7) is 0.133. The van der Waals surface area contributed by atoms with E-state index in [4.69, 9.17) is 40.4 Å². The number of hydrogen-bond donors (Lipinski definition) is 4. The second-order valence-electron chi connectivity index (χ2n) is 5.24. The van der Waals surface area contributed by atoms with E-state index in [1.54, 1.807) is 24.1 Å². The Labute approximate surface area is 159 Å². The van der Waals surface area contributed by atoms with Crippen LogP contribution in [0.1, 0.15) is 10.5 Å². The van der Waals surface area contributed by atoms with E-state index >= 15 is 0 Å². The molecule has 1 aromatic carbocycles. The number of benzene rings is 1. The minimum Gasteiger partial charge on any atom is -0.395 e. The van der Waals surface area contributed by atoms with Crippen molar-refractivity contribution in [2.75, 3.05) is 30.8 Å². The molecule has 0 saturated carbocycles. The molecule has 0 aliphatic rings. The zero-order valence-corrected chi connectivity index (χ0v) is 15.3. The van der Waals surface area contributed by atoms with Gasteiger partial charge in [-0.05, 0) is 18.2 Å². The lowest BCUT2D eigenvalue weighted by Crippen LogP contribution is -2.26. The Bertz CT molecular complexity index is 869. The fourth-order valence-corrected chi connectivity index (χ4v) is 2.65. The number of rotatable bonds is 5. The molecule has 0 spiro atoms. The quantitative estimate of drug-likeness (QED) is 0.427. The molecular weight excluding hydrogens is 381 g/mol. The van der Waals surface area contributed by atoms with Gasteiger partial charge in [0.1, 0.15) is 5.69 Å². The molecule has 11 heteroatoms. The van der Waals surface area contributed by atoms with Crippen molar-refractivity contribution in [2.24, 2.45) is 16.5 Å². The summed E-state index contributed by atoms with van der Waals surface area (Å²) in [6.07, 6.45) is 0. The monoisotopic (exact) mass is 397 g/mol. The number of halogens is 2. The molecule has 2 rings (SSSR count). The molecule has 26 heavy (non-hydrogen) atoms. The molecule has 2 aromatic rings. The molecule has 138 valence electrons. The van der Waals surface area contributed by atoms with Crippen molar-refractivity contribution in [2.45, 2.75) is 0 Å². The summed E-state index contributed by atoms with van der Waals surface area (Å²) in [5.74, 6) is -1.10. The number of guanidine groups is 1. The second kappa shape index (κ2) is 8.17. The van der Waals surface area contributed by atoms with Crippen LogP contribution < -0.4 is 22.1 Å². The highest BCUT2D eigenvalue weighted by Gasteiger charge is 2.22. The summed E-state index contributed by atoms with van der Waals surface area (Å²) < 4.78 is 0. The van der Waals surface area contributed by atoms with Crippen molar-refractivity contribution in [3.8, 4) is 11.3 Å². The standard InChI is InChI=1S/C15H17Cl2N7O2/c1-24(4-5-25)13-10(8-3-2-7(16)6-9(8)17)21-11(12(18)22-13)14(26)23-15(19)20/h2-3,6,25H,4-5H2,1H3,(H2,18,22)(H4,19,20,23,26). The number of nitrogens with two attached hydrogens (primary N) is 3. The molecule has 1 amide bonds. The molecule has 1 aromatic heterocycles. The minimum atomic E-state index is -0.835. The molecular formula is C15H17Cl2N7O2. The van der Waals surface area contributed by atoms with E-state index in [0.29, 0.717) is 21.4 Å². The summed E-state index contributed by atoms with van der Waals surface area (Å²) in [5.41, 5.74) is 16.8. The third-order valence-corrected chi connectivity index (χ3v) is 3.87. The number of hydrogen-bond acceptors (Lipinski definition) is 6. The first-order valence-electron chi connectivity index (χ1n) is 7.33. The van der Waals surface area contributed by atoms with Crippen LogP contribution in [0.5, 0.6) is 0 Å². The van der Waals surface area contributed by atoms with Crippen molar-refractivity contribution in [1.29, 1.82) is 0 Å². The molecule has 0 unspecified atom stereocenters. The molecule has 1 heterocycles. The Morgan fingerprint density at radius 2 is 2.00 bits per heavy atom. The van der Waals surface area contributed by atoms with Gasteiger partial charge in [-0.1, -0.05) is 23.2 Å². The summed E-state index contributed by atoms with van der Waals surface area (Å²) in [7, 11) is 1.69. The fraction of sp³-hybridized carbons (Fsp3) is 0.200. The number of aliphatic hydroxyl groups is 1. The molecule has 0 aliphatic heterocycles. The first-order chi connectivity index (χ1) is 12.2. The summed E-state index contributed by atoms with van der Waals surface area (Å²) in [5, 5.41) is 9.93. The van der Waals surface area contributed by atoms with Crippen LogP contribution >= 0.6 is 23.2 Å². The molecule has 0 fully saturated rings. The topological polar surface area (TPSA) is 157 Å². The number of nitrogens with zero attached hydrogens (tertiary/aromatic N) is 4. The highest BCUT2D eigenvalue weighted by molar-refractivity contribution is 6.36. The van der Waals surface area contributed by atoms with Crippen LogP contribution in [0.4, 0.5) is 11.6 Å². The number of nitrogen functional groups attached to an aromatic ring is 1. The number of aliphatic imine (C=N–C) groups is 1. The predicted molar refractivity (Wildman–Crippen MR) is 102 cm³/mol. The maximum Gasteiger partial charge on any atom is 0.302 e. The van der Waals surface area contributed by atoms with Crippen molar-refractivity contribution < 1.29 is 9.90 Å². The van der Waals surface area contributed by atoms with Gasteiger partial charge >= 0.3 is 5.91 Å². The second-order valence-corrected chi connectivity index (χ2v) is 6.08. The lowest BCUT2D eigenvalue weighted by atomic mass is 10.1. The predicted octanol–water partition coefficient (Wildman–Crippen LogP) is 0.875. The van der Waals surface area contributed by atoms with Gasteiger partial charge in [-0.15, -0.1) is 0 Å². The van der Waals surface area contributed by atoms with Crippen LogP contribution in [0, 0.1) is 0 Å². The molecule has 0 radical (unpaired) electrons. The summed E-state index contributed by atoms with van der Waals surface area (Å²) in [6, 6.07) is 4.79. The molecule has 0 bridgehead atoms. The van der Waals surface area contributed by atoms with Gasteiger partial charge in [-0.2, -0.15) is 4.99 Å². The number of anilines is 2. The molecule has 9 nitrogen and oxygen atoms in total. The van der Waals surface area contributed by atoms with E-state index in [2.05, 4.69) is 15.0 Å². The van der Waals surface area contributed by atoms with Crippen LogP contribution in [0.25, 0.3) is 11.3 Å². The molecule has 7 N–H and O–H groups in total. The average Bonchev–Trinajstić information content (AvgIpc) is 2.54. The van der Waals surface area contributed by atoms with Crippen LogP contribution in [-0.2, 0) is 0 Å². The van der Waals surface area contributed by atoms with E-state index in [1.807, 2.05) is 0 Å². The van der Waals surface area contributed by atoms with Gasteiger partial charge in [0.15, 0.2) is 23.3 Å². The Balaban J connectivity index is 2.72. The fourth-order valence-electron chi connectivity index (χ4n) is 2.15. The number of amides is 1. The van der Waals surface area contributed by atoms with E-state index in [1.165, 1.54) is 6.07 Å². The zero-order chi connectivity index (χ0) is 19.4. The molecule has 0 saturated heterocycles. The number of aliphatic hydroxyl groups excluding tert-OH is 1.